The van der Waals surface area contributed by atoms with E-state index < -0.39 is 4.92 Å². The first-order chi connectivity index (χ1) is 10.2. The lowest BCUT2D eigenvalue weighted by atomic mass is 10.1. The first kappa shape index (κ1) is 17.1. The largest absolute Gasteiger partial charge is 0.473 e. The summed E-state index contributed by atoms with van der Waals surface area (Å²) in [5.74, 6) is 0.245. The van der Waals surface area contributed by atoms with Crippen LogP contribution in [0.15, 0.2) is 6.33 Å². The van der Waals surface area contributed by atoms with Gasteiger partial charge in [0.1, 0.15) is 6.33 Å². The van der Waals surface area contributed by atoms with Crippen LogP contribution < -0.4 is 10.1 Å². The highest BCUT2D eigenvalue weighted by atomic mass is 16.6. The molecule has 0 spiro atoms. The van der Waals surface area contributed by atoms with Crippen LogP contribution in [0.25, 0.3) is 0 Å². The third-order valence-electron chi connectivity index (χ3n) is 3.05. The Kier molecular flexibility index (Phi) is 8.08. The van der Waals surface area contributed by atoms with Crippen molar-refractivity contribution in [1.29, 1.82) is 0 Å². The second-order valence-corrected chi connectivity index (χ2v) is 4.78. The molecule has 0 amide bonds. The van der Waals surface area contributed by atoms with E-state index in [0.29, 0.717) is 13.2 Å². The number of rotatable bonds is 11. The minimum atomic E-state index is -0.505. The van der Waals surface area contributed by atoms with E-state index >= 15 is 0 Å². The molecule has 1 N–H and O–H groups in total. The predicted octanol–water partition coefficient (Wildman–Crippen LogP) is 3.56. The highest BCUT2D eigenvalue weighted by Crippen LogP contribution is 2.30. The van der Waals surface area contributed by atoms with E-state index in [2.05, 4.69) is 22.2 Å². The Hall–Kier alpha value is -1.92. The molecule has 0 aliphatic heterocycles. The van der Waals surface area contributed by atoms with E-state index in [-0.39, 0.29) is 17.4 Å². The van der Waals surface area contributed by atoms with Gasteiger partial charge < -0.3 is 10.1 Å². The average molecular weight is 296 g/mol. The quantitative estimate of drug-likeness (QED) is 0.381. The van der Waals surface area contributed by atoms with Crippen LogP contribution in [0.2, 0.25) is 0 Å². The van der Waals surface area contributed by atoms with Crippen LogP contribution in [0.3, 0.4) is 0 Å². The topological polar surface area (TPSA) is 90.2 Å². The monoisotopic (exact) mass is 296 g/mol. The van der Waals surface area contributed by atoms with Crippen molar-refractivity contribution in [3.8, 4) is 5.88 Å². The van der Waals surface area contributed by atoms with Crippen molar-refractivity contribution in [3.63, 3.8) is 0 Å². The molecule has 1 aromatic heterocycles. The van der Waals surface area contributed by atoms with Crippen LogP contribution in [0, 0.1) is 10.1 Å². The number of aromatic nitrogens is 2. The Morgan fingerprint density at radius 1 is 1.19 bits per heavy atom. The summed E-state index contributed by atoms with van der Waals surface area (Å²) in [6.45, 7) is 5.02. The molecule has 0 atom stereocenters. The molecule has 0 fully saturated rings. The number of ether oxygens (including phenoxy) is 1. The van der Waals surface area contributed by atoms with Gasteiger partial charge in [-0.15, -0.1) is 0 Å². The van der Waals surface area contributed by atoms with E-state index in [4.69, 9.17) is 4.74 Å². The molecule has 1 heterocycles. The minimum absolute atomic E-state index is 0.0412. The molecule has 0 saturated carbocycles. The summed E-state index contributed by atoms with van der Waals surface area (Å²) < 4.78 is 5.46. The van der Waals surface area contributed by atoms with Gasteiger partial charge in [0.2, 0.25) is 5.82 Å². The number of nitro groups is 1. The highest BCUT2D eigenvalue weighted by molar-refractivity contribution is 5.60. The van der Waals surface area contributed by atoms with Crippen LogP contribution in [0.4, 0.5) is 11.5 Å². The van der Waals surface area contributed by atoms with E-state index in [0.717, 1.165) is 12.8 Å². The molecule has 21 heavy (non-hydrogen) atoms. The molecular weight excluding hydrogens is 272 g/mol. The molecule has 0 aliphatic rings. The second kappa shape index (κ2) is 9.90. The van der Waals surface area contributed by atoms with E-state index in [9.17, 15) is 10.1 Å². The first-order valence-electron chi connectivity index (χ1n) is 7.56. The van der Waals surface area contributed by atoms with E-state index in [1.165, 1.54) is 32.0 Å². The SMILES string of the molecule is CCCCCCCCOc1ncnc(NCC)c1[N+](=O)[O-]. The van der Waals surface area contributed by atoms with Crippen molar-refractivity contribution in [2.24, 2.45) is 0 Å². The number of nitrogens with one attached hydrogen (secondary N) is 1. The zero-order valence-electron chi connectivity index (χ0n) is 12.8. The minimum Gasteiger partial charge on any atom is -0.473 e. The summed E-state index contributed by atoms with van der Waals surface area (Å²) in [7, 11) is 0. The third-order valence-corrected chi connectivity index (χ3v) is 3.05. The van der Waals surface area contributed by atoms with Gasteiger partial charge in [0, 0.05) is 6.54 Å². The van der Waals surface area contributed by atoms with Crippen molar-refractivity contribution in [2.45, 2.75) is 52.4 Å². The number of anilines is 1. The van der Waals surface area contributed by atoms with Crippen molar-refractivity contribution in [3.05, 3.63) is 16.4 Å². The summed E-state index contributed by atoms with van der Waals surface area (Å²) in [5, 5.41) is 14.0. The molecule has 7 nitrogen and oxygen atoms in total. The van der Waals surface area contributed by atoms with Crippen LogP contribution >= 0.6 is 0 Å². The molecule has 0 bridgehead atoms. The second-order valence-electron chi connectivity index (χ2n) is 4.78. The molecule has 0 aromatic carbocycles. The summed E-state index contributed by atoms with van der Waals surface area (Å²) in [6, 6.07) is 0. The van der Waals surface area contributed by atoms with Gasteiger partial charge in [0.25, 0.3) is 5.88 Å². The first-order valence-corrected chi connectivity index (χ1v) is 7.56. The van der Waals surface area contributed by atoms with Crippen LogP contribution in [-0.4, -0.2) is 28.0 Å². The molecule has 0 saturated heterocycles. The molecule has 0 unspecified atom stereocenters. The van der Waals surface area contributed by atoms with Gasteiger partial charge in [-0.2, -0.15) is 4.98 Å². The van der Waals surface area contributed by atoms with Gasteiger partial charge in [0.15, 0.2) is 0 Å². The van der Waals surface area contributed by atoms with Crippen molar-refractivity contribution >= 4 is 11.5 Å². The third kappa shape index (κ3) is 5.93. The fraction of sp³-hybridized carbons (Fsp3) is 0.714. The summed E-state index contributed by atoms with van der Waals surface area (Å²) in [4.78, 5) is 18.4. The zero-order chi connectivity index (χ0) is 15.5. The highest BCUT2D eigenvalue weighted by Gasteiger charge is 2.23. The molecule has 0 radical (unpaired) electrons. The standard InChI is InChI=1S/C14H24N4O3/c1-3-5-6-7-8-9-10-21-14-12(18(19)20)13(15-4-2)16-11-17-14/h11H,3-10H2,1-2H3,(H,15,16,17). The van der Waals surface area contributed by atoms with Gasteiger partial charge in [-0.3, -0.25) is 10.1 Å². The van der Waals surface area contributed by atoms with Gasteiger partial charge in [-0.25, -0.2) is 4.98 Å². The maximum atomic E-state index is 11.1. The van der Waals surface area contributed by atoms with Crippen LogP contribution in [0.1, 0.15) is 52.4 Å². The summed E-state index contributed by atoms with van der Waals surface area (Å²) in [6.07, 6.45) is 8.10. The molecule has 1 aromatic rings. The van der Waals surface area contributed by atoms with Crippen molar-refractivity contribution in [2.75, 3.05) is 18.5 Å². The molecule has 0 aliphatic carbocycles. The van der Waals surface area contributed by atoms with Gasteiger partial charge >= 0.3 is 5.69 Å². The molecule has 1 rings (SSSR count). The average Bonchev–Trinajstić information content (AvgIpc) is 2.46. The molecule has 118 valence electrons. The fourth-order valence-electron chi connectivity index (χ4n) is 1.98. The number of nitrogens with zero attached hydrogens (tertiary/aromatic N) is 3. The lowest BCUT2D eigenvalue weighted by Gasteiger charge is -2.08. The molecular formula is C14H24N4O3. The summed E-state index contributed by atoms with van der Waals surface area (Å²) in [5.41, 5.74) is -0.190. The van der Waals surface area contributed by atoms with Crippen LogP contribution in [-0.2, 0) is 0 Å². The number of hydrogen-bond acceptors (Lipinski definition) is 6. The Bertz CT molecular complexity index is 440. The Balaban J connectivity index is 2.50. The van der Waals surface area contributed by atoms with Gasteiger partial charge in [-0.05, 0) is 13.3 Å². The smallest absolute Gasteiger partial charge is 0.372 e. The zero-order valence-corrected chi connectivity index (χ0v) is 12.8. The van der Waals surface area contributed by atoms with Crippen LogP contribution in [0.5, 0.6) is 5.88 Å². The van der Waals surface area contributed by atoms with Crippen molar-refractivity contribution < 1.29 is 9.66 Å². The Morgan fingerprint density at radius 3 is 2.57 bits per heavy atom. The van der Waals surface area contributed by atoms with Gasteiger partial charge in [0.05, 0.1) is 11.5 Å². The van der Waals surface area contributed by atoms with Crippen molar-refractivity contribution in [1.82, 2.24) is 9.97 Å². The van der Waals surface area contributed by atoms with E-state index in [1.54, 1.807) is 0 Å². The van der Waals surface area contributed by atoms with E-state index in [1.807, 2.05) is 6.92 Å². The fourth-order valence-corrected chi connectivity index (χ4v) is 1.98. The number of hydrogen-bond donors (Lipinski definition) is 1. The number of unbranched alkanes of at least 4 members (excludes halogenated alkanes) is 5. The maximum absolute atomic E-state index is 11.1. The molecule has 7 heteroatoms. The lowest BCUT2D eigenvalue weighted by molar-refractivity contribution is -0.385. The summed E-state index contributed by atoms with van der Waals surface area (Å²) >= 11 is 0. The Labute approximate surface area is 125 Å². The maximum Gasteiger partial charge on any atom is 0.372 e. The Morgan fingerprint density at radius 2 is 1.90 bits per heavy atom. The van der Waals surface area contributed by atoms with Gasteiger partial charge in [-0.1, -0.05) is 39.0 Å². The predicted molar refractivity (Wildman–Crippen MR) is 81.7 cm³/mol. The lowest BCUT2D eigenvalue weighted by Crippen LogP contribution is -2.08. The normalized spacial score (nSPS) is 10.4.